The Bertz CT molecular complexity index is 1380. The van der Waals surface area contributed by atoms with Gasteiger partial charge in [-0.25, -0.2) is 0 Å². The summed E-state index contributed by atoms with van der Waals surface area (Å²) in [6.07, 6.45) is -0.535. The number of hydrogen-bond donors (Lipinski definition) is 3. The lowest BCUT2D eigenvalue weighted by atomic mass is 10.0. The van der Waals surface area contributed by atoms with Gasteiger partial charge in [0.15, 0.2) is 11.5 Å². The molecule has 2 heterocycles. The Hall–Kier alpha value is -3.98. The molecule has 0 radical (unpaired) electrons. The van der Waals surface area contributed by atoms with Gasteiger partial charge in [0.25, 0.3) is 6.17 Å². The van der Waals surface area contributed by atoms with Crippen LogP contribution in [-0.4, -0.2) is 29.4 Å². The number of methoxy groups -OCH3 is 2. The smallest absolute Gasteiger partial charge is 0.325 e. The Morgan fingerprint density at radius 2 is 1.71 bits per heavy atom. The maximum atomic E-state index is 13.3. The summed E-state index contributed by atoms with van der Waals surface area (Å²) < 4.78 is 12.4. The van der Waals surface area contributed by atoms with Crippen LogP contribution in [0, 0.1) is 0 Å². The van der Waals surface area contributed by atoms with Gasteiger partial charge >= 0.3 is 11.3 Å². The molecule has 1 aliphatic heterocycles. The topological polar surface area (TPSA) is 100 Å². The summed E-state index contributed by atoms with van der Waals surface area (Å²) in [6.45, 7) is 0. The molecule has 0 fully saturated rings. The van der Waals surface area contributed by atoms with Crippen molar-refractivity contribution >= 4 is 17.4 Å². The molecular weight excluding hydrogens is 452 g/mol. The van der Waals surface area contributed by atoms with Crippen LogP contribution in [0.3, 0.4) is 0 Å². The third-order valence-corrected chi connectivity index (χ3v) is 6.55. The van der Waals surface area contributed by atoms with Gasteiger partial charge in [0.1, 0.15) is 0 Å². The molecule has 3 aromatic carbocycles. The predicted octanol–water partition coefficient (Wildman–Crippen LogP) is 3.71. The Morgan fingerprint density at radius 1 is 1.03 bits per heavy atom. The molecular formula is C25H23N4O4S+. The maximum absolute atomic E-state index is 13.3. The average molecular weight is 476 g/mol. The number of phenols is 1. The lowest BCUT2D eigenvalue weighted by Gasteiger charge is -2.23. The van der Waals surface area contributed by atoms with Crippen LogP contribution in [0.25, 0.3) is 11.3 Å². The van der Waals surface area contributed by atoms with E-state index in [0.29, 0.717) is 22.2 Å². The minimum Gasteiger partial charge on any atom is -0.502 e. The van der Waals surface area contributed by atoms with Crippen LogP contribution in [-0.2, 0) is 5.75 Å². The fourth-order valence-electron chi connectivity index (χ4n) is 3.98. The normalized spacial score (nSPS) is 14.0. The molecule has 0 bridgehead atoms. The monoisotopic (exact) mass is 475 g/mol. The van der Waals surface area contributed by atoms with Crippen LogP contribution >= 0.6 is 11.8 Å². The standard InChI is InChI=1S/C25H22N4O4S/c1-32-19-12-16(13-20(33-2)22(19)30)23-26-18-11-7-6-10-17(18)21-24(31)27-25(28-29(21)23)34-14-15-8-4-3-5-9-15/h3-13,23H,14H2,1-2H3,(H2,27,28,30,31)/p+1/t23-/m1/s1. The molecule has 0 saturated heterocycles. The van der Waals surface area contributed by atoms with E-state index in [2.05, 4.69) is 10.3 Å². The number of aromatic hydroxyl groups is 1. The van der Waals surface area contributed by atoms with Gasteiger partial charge in [-0.2, -0.15) is 0 Å². The first kappa shape index (κ1) is 21.8. The van der Waals surface area contributed by atoms with Crippen LogP contribution in [0.4, 0.5) is 5.69 Å². The summed E-state index contributed by atoms with van der Waals surface area (Å²) in [5.41, 5.74) is 3.60. The number of para-hydroxylation sites is 1. The van der Waals surface area contributed by atoms with E-state index in [1.54, 1.807) is 16.8 Å². The molecule has 0 amide bonds. The zero-order valence-electron chi connectivity index (χ0n) is 18.6. The van der Waals surface area contributed by atoms with Crippen LogP contribution < -0.4 is 25.0 Å². The van der Waals surface area contributed by atoms with Crippen LogP contribution in [0.5, 0.6) is 17.2 Å². The fraction of sp³-hybridized carbons (Fsp3) is 0.160. The maximum Gasteiger partial charge on any atom is 0.325 e. The highest BCUT2D eigenvalue weighted by molar-refractivity contribution is 7.98. The highest BCUT2D eigenvalue weighted by atomic mass is 32.2. The first-order chi connectivity index (χ1) is 16.6. The van der Waals surface area contributed by atoms with Crippen LogP contribution in [0.15, 0.2) is 76.7 Å². The summed E-state index contributed by atoms with van der Waals surface area (Å²) in [5, 5.41) is 19.1. The lowest BCUT2D eigenvalue weighted by molar-refractivity contribution is -0.759. The van der Waals surface area contributed by atoms with Gasteiger partial charge < -0.3 is 19.9 Å². The first-order valence-corrected chi connectivity index (χ1v) is 11.6. The second-order valence-electron chi connectivity index (χ2n) is 7.69. The summed E-state index contributed by atoms with van der Waals surface area (Å²) in [5.74, 6) is 1.10. The number of ether oxygens (including phenoxy) is 2. The molecule has 9 heteroatoms. The van der Waals surface area contributed by atoms with Crippen molar-refractivity contribution in [1.82, 2.24) is 10.1 Å². The van der Waals surface area contributed by atoms with Crippen LogP contribution in [0.2, 0.25) is 0 Å². The quantitative estimate of drug-likeness (QED) is 0.289. The third kappa shape index (κ3) is 3.94. The Labute approximate surface area is 200 Å². The minimum atomic E-state index is -0.535. The van der Waals surface area contributed by atoms with Crippen molar-refractivity contribution in [3.05, 3.63) is 88.2 Å². The number of H-pyrrole nitrogens is 1. The molecule has 1 aromatic heterocycles. The van der Waals surface area contributed by atoms with Crippen molar-refractivity contribution in [1.29, 1.82) is 0 Å². The minimum absolute atomic E-state index is 0.0897. The van der Waals surface area contributed by atoms with Gasteiger partial charge in [0.2, 0.25) is 10.9 Å². The number of aromatic nitrogens is 3. The van der Waals surface area contributed by atoms with E-state index in [0.717, 1.165) is 16.8 Å². The second-order valence-corrected chi connectivity index (χ2v) is 8.66. The van der Waals surface area contributed by atoms with E-state index in [1.807, 2.05) is 54.6 Å². The summed E-state index contributed by atoms with van der Waals surface area (Å²) in [4.78, 5) is 16.2. The van der Waals surface area contributed by atoms with Crippen molar-refractivity contribution in [2.75, 3.05) is 19.5 Å². The van der Waals surface area contributed by atoms with Crippen molar-refractivity contribution in [2.24, 2.45) is 0 Å². The van der Waals surface area contributed by atoms with Crippen molar-refractivity contribution in [2.45, 2.75) is 17.1 Å². The predicted molar refractivity (Wildman–Crippen MR) is 129 cm³/mol. The first-order valence-electron chi connectivity index (χ1n) is 10.6. The molecule has 0 aliphatic carbocycles. The molecule has 1 atom stereocenters. The van der Waals surface area contributed by atoms with E-state index >= 15 is 0 Å². The largest absolute Gasteiger partial charge is 0.502 e. The summed E-state index contributed by atoms with van der Waals surface area (Å²) in [6, 6.07) is 21.0. The number of phenolic OH excluding ortho intramolecular Hbond substituents is 1. The van der Waals surface area contributed by atoms with E-state index in [-0.39, 0.29) is 22.8 Å². The Balaban J connectivity index is 1.63. The number of aromatic amines is 1. The highest BCUT2D eigenvalue weighted by Gasteiger charge is 2.38. The number of benzene rings is 3. The number of thioether (sulfide) groups is 1. The number of anilines is 1. The molecule has 172 valence electrons. The van der Waals surface area contributed by atoms with Crippen LogP contribution in [0.1, 0.15) is 17.3 Å². The lowest BCUT2D eigenvalue weighted by Crippen LogP contribution is -2.55. The second kappa shape index (κ2) is 9.11. The molecule has 0 spiro atoms. The van der Waals surface area contributed by atoms with E-state index in [1.165, 1.54) is 26.0 Å². The van der Waals surface area contributed by atoms with Crippen molar-refractivity contribution in [3.63, 3.8) is 0 Å². The van der Waals surface area contributed by atoms with Gasteiger partial charge in [0.05, 0.1) is 31.0 Å². The van der Waals surface area contributed by atoms with E-state index < -0.39 is 6.17 Å². The number of fused-ring (bicyclic) bond motifs is 3. The summed E-state index contributed by atoms with van der Waals surface area (Å²) in [7, 11) is 2.95. The molecule has 1 aliphatic rings. The highest BCUT2D eigenvalue weighted by Crippen LogP contribution is 2.40. The van der Waals surface area contributed by atoms with E-state index in [9.17, 15) is 9.90 Å². The molecule has 34 heavy (non-hydrogen) atoms. The molecule has 4 aromatic rings. The fourth-order valence-corrected chi connectivity index (χ4v) is 4.78. The SMILES string of the molecule is COc1cc([C@@H]2Nc3ccccc3-c3c(=O)[nH]c(SCc4ccccc4)n[n+]32)cc(OC)c1O. The average Bonchev–Trinajstić information content (AvgIpc) is 2.87. The van der Waals surface area contributed by atoms with Gasteiger partial charge in [-0.05, 0) is 34.5 Å². The zero-order valence-corrected chi connectivity index (χ0v) is 19.4. The molecule has 8 nitrogen and oxygen atoms in total. The molecule has 5 rings (SSSR count). The Kier molecular flexibility index (Phi) is 5.85. The summed E-state index contributed by atoms with van der Waals surface area (Å²) >= 11 is 1.45. The number of nitrogens with zero attached hydrogens (tertiary/aromatic N) is 2. The Morgan fingerprint density at radius 3 is 2.41 bits per heavy atom. The third-order valence-electron chi connectivity index (χ3n) is 5.62. The van der Waals surface area contributed by atoms with Gasteiger partial charge in [-0.1, -0.05) is 54.2 Å². The van der Waals surface area contributed by atoms with Gasteiger partial charge in [-0.15, -0.1) is 0 Å². The molecule has 0 saturated carbocycles. The van der Waals surface area contributed by atoms with Gasteiger partial charge in [0, 0.05) is 10.9 Å². The number of hydrogen-bond acceptors (Lipinski definition) is 7. The van der Waals surface area contributed by atoms with Crippen molar-refractivity contribution in [3.8, 4) is 28.5 Å². The number of nitrogens with one attached hydrogen (secondary N) is 2. The number of rotatable bonds is 6. The van der Waals surface area contributed by atoms with Crippen molar-refractivity contribution < 1.29 is 19.3 Å². The van der Waals surface area contributed by atoms with Gasteiger partial charge in [-0.3, -0.25) is 9.78 Å². The molecule has 3 N–H and O–H groups in total. The molecule has 0 unspecified atom stereocenters. The van der Waals surface area contributed by atoms with E-state index in [4.69, 9.17) is 14.6 Å². The zero-order chi connectivity index (χ0) is 23.7.